The summed E-state index contributed by atoms with van der Waals surface area (Å²) in [6.07, 6.45) is 1.63. The summed E-state index contributed by atoms with van der Waals surface area (Å²) in [7, 11) is 3.29. The minimum absolute atomic E-state index is 0.146. The van der Waals surface area contributed by atoms with Crippen LogP contribution in [-0.2, 0) is 9.53 Å². The minimum Gasteiger partial charge on any atom is -0.468 e. The molecule has 0 aromatic carbocycles. The van der Waals surface area contributed by atoms with Gasteiger partial charge in [0.25, 0.3) is 0 Å². The predicted octanol–water partition coefficient (Wildman–Crippen LogP) is 2.21. The van der Waals surface area contributed by atoms with Gasteiger partial charge in [-0.2, -0.15) is 0 Å². The average molecular weight is 215 g/mol. The SMILES string of the molecule is CNC(CC(C)C)(CC(C)C)C(=O)OC. The Kier molecular flexibility index (Phi) is 5.88. The second-order valence-corrected chi connectivity index (χ2v) is 5.02. The van der Waals surface area contributed by atoms with E-state index in [2.05, 4.69) is 33.0 Å². The highest BCUT2D eigenvalue weighted by Gasteiger charge is 2.38. The Morgan fingerprint density at radius 3 is 1.80 bits per heavy atom. The first-order valence-electron chi connectivity index (χ1n) is 5.65. The molecular weight excluding hydrogens is 190 g/mol. The molecule has 0 fully saturated rings. The van der Waals surface area contributed by atoms with Gasteiger partial charge >= 0.3 is 5.97 Å². The second kappa shape index (κ2) is 6.11. The number of methoxy groups -OCH3 is 1. The Hall–Kier alpha value is -0.570. The fraction of sp³-hybridized carbons (Fsp3) is 0.917. The van der Waals surface area contributed by atoms with Crippen LogP contribution in [0.25, 0.3) is 0 Å². The molecule has 0 unspecified atom stereocenters. The van der Waals surface area contributed by atoms with E-state index in [-0.39, 0.29) is 5.97 Å². The summed E-state index contributed by atoms with van der Waals surface area (Å²) in [6, 6.07) is 0. The van der Waals surface area contributed by atoms with Gasteiger partial charge in [-0.15, -0.1) is 0 Å². The molecule has 0 rings (SSSR count). The lowest BCUT2D eigenvalue weighted by Gasteiger charge is -2.33. The van der Waals surface area contributed by atoms with Crippen LogP contribution in [0.5, 0.6) is 0 Å². The maximum Gasteiger partial charge on any atom is 0.326 e. The highest BCUT2D eigenvalue weighted by Crippen LogP contribution is 2.26. The van der Waals surface area contributed by atoms with Gasteiger partial charge in [0.05, 0.1) is 7.11 Å². The maximum absolute atomic E-state index is 11.9. The van der Waals surface area contributed by atoms with Crippen LogP contribution in [0.1, 0.15) is 40.5 Å². The number of nitrogens with one attached hydrogen (secondary N) is 1. The lowest BCUT2D eigenvalue weighted by atomic mass is 9.82. The molecule has 0 saturated heterocycles. The lowest BCUT2D eigenvalue weighted by Crippen LogP contribution is -2.52. The molecule has 3 heteroatoms. The third kappa shape index (κ3) is 4.20. The first-order chi connectivity index (χ1) is 6.88. The van der Waals surface area contributed by atoms with Gasteiger partial charge in [0.1, 0.15) is 5.54 Å². The highest BCUT2D eigenvalue weighted by atomic mass is 16.5. The lowest BCUT2D eigenvalue weighted by molar-refractivity contribution is -0.150. The number of ether oxygens (including phenoxy) is 1. The van der Waals surface area contributed by atoms with Crippen LogP contribution < -0.4 is 5.32 Å². The molecule has 15 heavy (non-hydrogen) atoms. The molecule has 0 aliphatic carbocycles. The van der Waals surface area contributed by atoms with E-state index >= 15 is 0 Å². The van der Waals surface area contributed by atoms with Crippen LogP contribution in [-0.4, -0.2) is 25.7 Å². The van der Waals surface area contributed by atoms with Crippen molar-refractivity contribution >= 4 is 5.97 Å². The number of hydrogen-bond acceptors (Lipinski definition) is 3. The number of esters is 1. The third-order valence-electron chi connectivity index (χ3n) is 2.57. The quantitative estimate of drug-likeness (QED) is 0.690. The Morgan fingerprint density at radius 1 is 1.20 bits per heavy atom. The molecular formula is C12H25NO2. The molecule has 1 N–H and O–H groups in total. The second-order valence-electron chi connectivity index (χ2n) is 5.02. The van der Waals surface area contributed by atoms with Crippen LogP contribution in [0, 0.1) is 11.8 Å². The first-order valence-corrected chi connectivity index (χ1v) is 5.65. The highest BCUT2D eigenvalue weighted by molar-refractivity contribution is 5.80. The molecule has 0 radical (unpaired) electrons. The fourth-order valence-corrected chi connectivity index (χ4v) is 2.15. The third-order valence-corrected chi connectivity index (χ3v) is 2.57. The molecule has 0 aromatic heterocycles. The standard InChI is InChI=1S/C12H25NO2/c1-9(2)7-12(13-5,8-10(3)4)11(14)15-6/h9-10,13H,7-8H2,1-6H3. The van der Waals surface area contributed by atoms with Gasteiger partial charge in [-0.1, -0.05) is 27.7 Å². The van der Waals surface area contributed by atoms with Crippen LogP contribution in [0.3, 0.4) is 0 Å². The molecule has 0 aromatic rings. The van der Waals surface area contributed by atoms with E-state index in [1.54, 1.807) is 0 Å². The van der Waals surface area contributed by atoms with Crippen molar-refractivity contribution in [3.05, 3.63) is 0 Å². The molecule has 0 aliphatic heterocycles. The Bertz CT molecular complexity index is 190. The van der Waals surface area contributed by atoms with E-state index in [4.69, 9.17) is 4.74 Å². The Morgan fingerprint density at radius 2 is 1.60 bits per heavy atom. The number of carbonyl (C=O) groups is 1. The van der Waals surface area contributed by atoms with E-state index in [1.165, 1.54) is 7.11 Å². The predicted molar refractivity (Wildman–Crippen MR) is 62.7 cm³/mol. The molecule has 0 bridgehead atoms. The molecule has 0 spiro atoms. The van der Waals surface area contributed by atoms with Gasteiger partial charge in [-0.05, 0) is 31.7 Å². The number of likely N-dealkylation sites (N-methyl/N-ethyl adjacent to an activating group) is 1. The topological polar surface area (TPSA) is 38.3 Å². The van der Waals surface area contributed by atoms with E-state index in [1.807, 2.05) is 7.05 Å². The summed E-state index contributed by atoms with van der Waals surface area (Å²) in [6.45, 7) is 8.48. The monoisotopic (exact) mass is 215 g/mol. The maximum atomic E-state index is 11.9. The molecule has 0 atom stereocenters. The van der Waals surface area contributed by atoms with Crippen molar-refractivity contribution in [2.24, 2.45) is 11.8 Å². The van der Waals surface area contributed by atoms with Crippen LogP contribution in [0.4, 0.5) is 0 Å². The summed E-state index contributed by atoms with van der Waals surface area (Å²) in [4.78, 5) is 11.9. The van der Waals surface area contributed by atoms with Crippen LogP contribution in [0.15, 0.2) is 0 Å². The van der Waals surface area contributed by atoms with Crippen molar-refractivity contribution in [1.82, 2.24) is 5.32 Å². The zero-order valence-electron chi connectivity index (χ0n) is 10.9. The zero-order chi connectivity index (χ0) is 12.1. The van der Waals surface area contributed by atoms with E-state index < -0.39 is 5.54 Å². The Labute approximate surface area is 93.6 Å². The number of carbonyl (C=O) groups excluding carboxylic acids is 1. The van der Waals surface area contributed by atoms with Gasteiger partial charge in [0.15, 0.2) is 0 Å². The van der Waals surface area contributed by atoms with Crippen molar-refractivity contribution in [3.63, 3.8) is 0 Å². The summed E-state index contributed by atoms with van der Waals surface area (Å²) in [5, 5.41) is 3.15. The van der Waals surface area contributed by atoms with E-state index in [0.29, 0.717) is 11.8 Å². The van der Waals surface area contributed by atoms with E-state index in [9.17, 15) is 4.79 Å². The summed E-state index contributed by atoms with van der Waals surface area (Å²) < 4.78 is 4.91. The summed E-state index contributed by atoms with van der Waals surface area (Å²) >= 11 is 0. The Balaban J connectivity index is 4.83. The van der Waals surface area contributed by atoms with Gasteiger partial charge in [0.2, 0.25) is 0 Å². The normalized spacial score (nSPS) is 12.3. The van der Waals surface area contributed by atoms with Crippen molar-refractivity contribution in [2.45, 2.75) is 46.1 Å². The van der Waals surface area contributed by atoms with Crippen molar-refractivity contribution in [3.8, 4) is 0 Å². The molecule has 0 amide bonds. The number of hydrogen-bond donors (Lipinski definition) is 1. The van der Waals surface area contributed by atoms with Gasteiger partial charge < -0.3 is 10.1 Å². The minimum atomic E-state index is -0.517. The van der Waals surface area contributed by atoms with E-state index in [0.717, 1.165) is 12.8 Å². The molecule has 0 aliphatic rings. The first kappa shape index (κ1) is 14.4. The smallest absolute Gasteiger partial charge is 0.326 e. The van der Waals surface area contributed by atoms with Crippen LogP contribution in [0.2, 0.25) is 0 Å². The molecule has 0 saturated carbocycles. The van der Waals surface area contributed by atoms with Gasteiger partial charge in [-0.3, -0.25) is 4.79 Å². The molecule has 90 valence electrons. The average Bonchev–Trinajstić information content (AvgIpc) is 2.13. The van der Waals surface area contributed by atoms with Crippen LogP contribution >= 0.6 is 0 Å². The van der Waals surface area contributed by atoms with Crippen molar-refractivity contribution in [2.75, 3.05) is 14.2 Å². The van der Waals surface area contributed by atoms with Gasteiger partial charge in [-0.25, -0.2) is 0 Å². The van der Waals surface area contributed by atoms with Crippen molar-refractivity contribution in [1.29, 1.82) is 0 Å². The largest absolute Gasteiger partial charge is 0.468 e. The van der Waals surface area contributed by atoms with Crippen molar-refractivity contribution < 1.29 is 9.53 Å². The fourth-order valence-electron chi connectivity index (χ4n) is 2.15. The molecule has 3 nitrogen and oxygen atoms in total. The number of rotatable bonds is 6. The zero-order valence-corrected chi connectivity index (χ0v) is 10.9. The summed E-state index contributed by atoms with van der Waals surface area (Å²) in [5.41, 5.74) is -0.517. The van der Waals surface area contributed by atoms with Gasteiger partial charge in [0, 0.05) is 0 Å². The molecule has 0 heterocycles. The summed E-state index contributed by atoms with van der Waals surface area (Å²) in [5.74, 6) is 0.790.